The van der Waals surface area contributed by atoms with Crippen LogP contribution in [-0.2, 0) is 6.54 Å². The summed E-state index contributed by atoms with van der Waals surface area (Å²) in [6.45, 7) is 8.49. The van der Waals surface area contributed by atoms with Gasteiger partial charge < -0.3 is 15.4 Å². The van der Waals surface area contributed by atoms with Crippen molar-refractivity contribution in [3.05, 3.63) is 59.4 Å². The molecule has 1 aromatic carbocycles. The minimum Gasteiger partial charge on any atom is -0.487 e. The fraction of sp³-hybridized carbons (Fsp3) is 0.478. The lowest BCUT2D eigenvalue weighted by Gasteiger charge is -2.33. The second-order valence-corrected chi connectivity index (χ2v) is 8.00. The zero-order valence-corrected chi connectivity index (χ0v) is 18.6. The molecule has 0 saturated carbocycles. The number of pyridine rings is 1. The van der Waals surface area contributed by atoms with Crippen molar-refractivity contribution in [2.24, 2.45) is 4.99 Å². The van der Waals surface area contributed by atoms with Crippen LogP contribution in [0.5, 0.6) is 5.75 Å². The van der Waals surface area contributed by atoms with E-state index < -0.39 is 0 Å². The molecule has 0 spiro atoms. The van der Waals surface area contributed by atoms with Crippen LogP contribution in [-0.4, -0.2) is 54.2 Å². The van der Waals surface area contributed by atoms with Gasteiger partial charge in [0.05, 0.1) is 17.3 Å². The summed E-state index contributed by atoms with van der Waals surface area (Å²) in [5.41, 5.74) is 1.13. The van der Waals surface area contributed by atoms with Crippen LogP contribution in [0.1, 0.15) is 32.4 Å². The van der Waals surface area contributed by atoms with Crippen molar-refractivity contribution in [1.29, 1.82) is 0 Å². The quantitative estimate of drug-likeness (QED) is 0.494. The smallest absolute Gasteiger partial charge is 0.191 e. The standard InChI is InChI=1S/C23H32ClN5O/c1-3-25-23(27-16-18(2)30-22-10-5-4-9-21(22)24)28-19-11-14-29(15-12-19)17-20-8-6-7-13-26-20/h4-10,13,18-19H,3,11-12,14-17H2,1-2H3,(H2,25,27,28). The Balaban J connectivity index is 1.46. The number of hydrogen-bond donors (Lipinski definition) is 2. The predicted octanol–water partition coefficient (Wildman–Crippen LogP) is 3.72. The summed E-state index contributed by atoms with van der Waals surface area (Å²) in [5.74, 6) is 1.54. The molecule has 1 unspecified atom stereocenters. The Morgan fingerprint density at radius 1 is 1.23 bits per heavy atom. The molecule has 0 aliphatic carbocycles. The molecule has 0 amide bonds. The summed E-state index contributed by atoms with van der Waals surface area (Å²) in [4.78, 5) is 11.6. The molecule has 3 rings (SSSR count). The topological polar surface area (TPSA) is 61.8 Å². The van der Waals surface area contributed by atoms with Crippen molar-refractivity contribution < 1.29 is 4.74 Å². The Bertz CT molecular complexity index is 793. The Labute approximate surface area is 184 Å². The molecule has 1 saturated heterocycles. The van der Waals surface area contributed by atoms with E-state index in [1.807, 2.05) is 49.5 Å². The van der Waals surface area contributed by atoms with Crippen LogP contribution in [0.3, 0.4) is 0 Å². The second kappa shape index (κ2) is 11.8. The van der Waals surface area contributed by atoms with Crippen molar-refractivity contribution in [2.45, 2.75) is 45.4 Å². The molecule has 2 heterocycles. The minimum atomic E-state index is -0.0689. The van der Waals surface area contributed by atoms with E-state index in [4.69, 9.17) is 21.3 Å². The maximum absolute atomic E-state index is 6.18. The van der Waals surface area contributed by atoms with Crippen LogP contribution in [0, 0.1) is 0 Å². The highest BCUT2D eigenvalue weighted by Crippen LogP contribution is 2.24. The highest BCUT2D eigenvalue weighted by Gasteiger charge is 2.20. The first-order chi connectivity index (χ1) is 14.6. The van der Waals surface area contributed by atoms with Crippen LogP contribution in [0.4, 0.5) is 0 Å². The van der Waals surface area contributed by atoms with E-state index in [0.717, 1.165) is 50.7 Å². The van der Waals surface area contributed by atoms with Crippen LogP contribution < -0.4 is 15.4 Å². The molecule has 7 heteroatoms. The van der Waals surface area contributed by atoms with Crippen molar-refractivity contribution in [3.63, 3.8) is 0 Å². The van der Waals surface area contributed by atoms with Crippen molar-refractivity contribution in [1.82, 2.24) is 20.5 Å². The molecule has 2 aromatic rings. The number of hydrogen-bond acceptors (Lipinski definition) is 4. The lowest BCUT2D eigenvalue weighted by Crippen LogP contribution is -2.48. The molecule has 1 aromatic heterocycles. The number of aliphatic imine (C=N–C) groups is 1. The highest BCUT2D eigenvalue weighted by molar-refractivity contribution is 6.32. The van der Waals surface area contributed by atoms with Gasteiger partial charge in [-0.15, -0.1) is 0 Å². The van der Waals surface area contributed by atoms with Gasteiger partial charge in [-0.1, -0.05) is 29.8 Å². The molecule has 0 bridgehead atoms. The third kappa shape index (κ3) is 7.18. The van der Waals surface area contributed by atoms with Crippen molar-refractivity contribution in [3.8, 4) is 5.75 Å². The molecule has 6 nitrogen and oxygen atoms in total. The molecule has 2 N–H and O–H groups in total. The summed E-state index contributed by atoms with van der Waals surface area (Å²) in [6.07, 6.45) is 3.96. The average Bonchev–Trinajstić information content (AvgIpc) is 2.76. The van der Waals surface area contributed by atoms with E-state index in [2.05, 4.69) is 33.5 Å². The summed E-state index contributed by atoms with van der Waals surface area (Å²) in [7, 11) is 0. The molecule has 0 radical (unpaired) electrons. The zero-order valence-electron chi connectivity index (χ0n) is 17.9. The van der Waals surface area contributed by atoms with Gasteiger partial charge in [-0.2, -0.15) is 0 Å². The van der Waals surface area contributed by atoms with Crippen LogP contribution in [0.2, 0.25) is 5.02 Å². The molecular weight excluding hydrogens is 398 g/mol. The first-order valence-electron chi connectivity index (χ1n) is 10.7. The first-order valence-corrected chi connectivity index (χ1v) is 11.1. The number of aromatic nitrogens is 1. The van der Waals surface area contributed by atoms with Gasteiger partial charge in [-0.25, -0.2) is 4.99 Å². The number of halogens is 1. The van der Waals surface area contributed by atoms with Gasteiger partial charge in [0.25, 0.3) is 0 Å². The van der Waals surface area contributed by atoms with Crippen molar-refractivity contribution >= 4 is 17.6 Å². The predicted molar refractivity (Wildman–Crippen MR) is 123 cm³/mol. The largest absolute Gasteiger partial charge is 0.487 e. The first kappa shape index (κ1) is 22.4. The van der Waals surface area contributed by atoms with Gasteiger partial charge >= 0.3 is 0 Å². The summed E-state index contributed by atoms with van der Waals surface area (Å²) >= 11 is 6.18. The van der Waals surface area contributed by atoms with E-state index in [9.17, 15) is 0 Å². The number of ether oxygens (including phenoxy) is 1. The molecular formula is C23H32ClN5O. The number of para-hydroxylation sites is 1. The Morgan fingerprint density at radius 3 is 2.70 bits per heavy atom. The number of nitrogens with zero attached hydrogens (tertiary/aromatic N) is 3. The number of piperidine rings is 1. The minimum absolute atomic E-state index is 0.0689. The molecule has 30 heavy (non-hydrogen) atoms. The normalized spacial score (nSPS) is 16.8. The van der Waals surface area contributed by atoms with E-state index in [1.165, 1.54) is 0 Å². The monoisotopic (exact) mass is 429 g/mol. The summed E-state index contributed by atoms with van der Waals surface area (Å²) < 4.78 is 5.93. The lowest BCUT2D eigenvalue weighted by molar-refractivity contribution is 0.196. The second-order valence-electron chi connectivity index (χ2n) is 7.59. The van der Waals surface area contributed by atoms with E-state index in [1.54, 1.807) is 0 Å². The molecule has 1 atom stereocenters. The van der Waals surface area contributed by atoms with Gasteiger partial charge in [0, 0.05) is 38.4 Å². The molecule has 162 valence electrons. The van der Waals surface area contributed by atoms with Gasteiger partial charge in [0.2, 0.25) is 0 Å². The third-order valence-electron chi connectivity index (χ3n) is 5.06. The van der Waals surface area contributed by atoms with Crippen LogP contribution in [0.15, 0.2) is 53.7 Å². The van der Waals surface area contributed by atoms with Gasteiger partial charge in [-0.05, 0) is 51.0 Å². The number of nitrogens with one attached hydrogen (secondary N) is 2. The zero-order chi connectivity index (χ0) is 21.2. The fourth-order valence-electron chi connectivity index (χ4n) is 3.48. The van der Waals surface area contributed by atoms with E-state index in [0.29, 0.717) is 23.4 Å². The van der Waals surface area contributed by atoms with Gasteiger partial charge in [0.1, 0.15) is 11.9 Å². The Morgan fingerprint density at radius 2 is 2.00 bits per heavy atom. The SMILES string of the molecule is CCNC(=NCC(C)Oc1ccccc1Cl)NC1CCN(Cc2ccccn2)CC1. The third-order valence-corrected chi connectivity index (χ3v) is 5.37. The number of likely N-dealkylation sites (tertiary alicyclic amines) is 1. The average molecular weight is 430 g/mol. The van der Waals surface area contributed by atoms with Gasteiger partial charge in [0.15, 0.2) is 5.96 Å². The van der Waals surface area contributed by atoms with E-state index >= 15 is 0 Å². The molecule has 1 aliphatic rings. The summed E-state index contributed by atoms with van der Waals surface area (Å²) in [6, 6.07) is 14.0. The molecule has 1 aliphatic heterocycles. The summed E-state index contributed by atoms with van der Waals surface area (Å²) in [5, 5.41) is 7.55. The fourth-order valence-corrected chi connectivity index (χ4v) is 3.66. The maximum atomic E-state index is 6.18. The number of guanidine groups is 1. The van der Waals surface area contributed by atoms with E-state index in [-0.39, 0.29) is 6.10 Å². The lowest BCUT2D eigenvalue weighted by atomic mass is 10.0. The van der Waals surface area contributed by atoms with Gasteiger partial charge in [-0.3, -0.25) is 9.88 Å². The highest BCUT2D eigenvalue weighted by atomic mass is 35.5. The Hall–Kier alpha value is -2.31. The Kier molecular flexibility index (Phi) is 8.78. The molecule has 1 fully saturated rings. The van der Waals surface area contributed by atoms with Crippen LogP contribution in [0.25, 0.3) is 0 Å². The number of benzene rings is 1. The number of rotatable bonds is 8. The maximum Gasteiger partial charge on any atom is 0.191 e. The van der Waals surface area contributed by atoms with Crippen LogP contribution >= 0.6 is 11.6 Å². The van der Waals surface area contributed by atoms with Crippen molar-refractivity contribution in [2.75, 3.05) is 26.2 Å².